The molecule has 0 aromatic heterocycles. The molecule has 14 nitrogen and oxygen atoms in total. The molecule has 38 heavy (non-hydrogen) atoms. The Morgan fingerprint density at radius 3 is 0.947 bits per heavy atom. The number of ether oxygens (including phenoxy) is 2. The van der Waals surface area contributed by atoms with Gasteiger partial charge in [0, 0.05) is 0 Å². The number of carbonyl (C=O) groups is 6. The van der Waals surface area contributed by atoms with E-state index in [9.17, 15) is 39.0 Å². The number of hydrogen-bond donors (Lipinski definition) is 6. The lowest BCUT2D eigenvalue weighted by Crippen LogP contribution is -2.43. The topological polar surface area (TPSA) is 242 Å². The Morgan fingerprint density at radius 1 is 0.447 bits per heavy atom. The summed E-state index contributed by atoms with van der Waals surface area (Å²) in [5.74, 6) is -8.67. The Labute approximate surface area is 219 Å². The smallest absolute Gasteiger partial charge is 0.336 e. The Bertz CT molecular complexity index is 744. The van der Waals surface area contributed by atoms with E-state index in [1.165, 1.54) is 0 Å². The average molecular weight is 551 g/mol. The zero-order chi connectivity index (χ0) is 29.2. The van der Waals surface area contributed by atoms with Gasteiger partial charge in [-0.25, -0.2) is 9.59 Å². The lowest BCUT2D eigenvalue weighted by atomic mass is 9.96. The summed E-state index contributed by atoms with van der Waals surface area (Å²) in [7, 11) is 0. The highest BCUT2D eigenvalue weighted by atomic mass is 16.5. The van der Waals surface area contributed by atoms with Crippen LogP contribution in [0.5, 0.6) is 0 Å². The molecule has 0 aromatic rings. The van der Waals surface area contributed by atoms with E-state index >= 15 is 0 Å². The number of unbranched alkanes of at least 4 members (excludes halogenated alkanes) is 9. The number of aliphatic hydroxyl groups is 2. The summed E-state index contributed by atoms with van der Waals surface area (Å²) < 4.78 is 9.75. The molecule has 0 aliphatic rings. The highest BCUT2D eigenvalue weighted by molar-refractivity contribution is 5.89. The highest BCUT2D eigenvalue weighted by Crippen LogP contribution is 2.18. The number of hydrogen-bond acceptors (Lipinski definition) is 10. The average Bonchev–Trinajstić information content (AvgIpc) is 2.77. The summed E-state index contributed by atoms with van der Waals surface area (Å²) >= 11 is 0. The van der Waals surface area contributed by atoms with E-state index in [2.05, 4.69) is 0 Å². The molecule has 14 heteroatoms. The molecule has 0 heterocycles. The summed E-state index contributed by atoms with van der Waals surface area (Å²) in [6, 6.07) is 0. The largest absolute Gasteiger partial charge is 0.481 e. The van der Waals surface area contributed by atoms with Gasteiger partial charge in [-0.05, 0) is 12.8 Å². The lowest BCUT2D eigenvalue weighted by Gasteiger charge is -2.20. The van der Waals surface area contributed by atoms with Crippen molar-refractivity contribution in [3.63, 3.8) is 0 Å². The second-order valence-electron chi connectivity index (χ2n) is 9.14. The van der Waals surface area contributed by atoms with Gasteiger partial charge in [-0.3, -0.25) is 19.2 Å². The predicted octanol–water partition coefficient (Wildman–Crippen LogP) is 1.33. The van der Waals surface area contributed by atoms with Crippen molar-refractivity contribution >= 4 is 35.8 Å². The second kappa shape index (κ2) is 18.1. The molecule has 6 N–H and O–H groups in total. The third kappa shape index (κ3) is 15.8. The molecule has 0 bridgehead atoms. The van der Waals surface area contributed by atoms with Gasteiger partial charge in [-0.2, -0.15) is 0 Å². The Balaban J connectivity index is 3.75. The quantitative estimate of drug-likeness (QED) is 0.0776. The molecule has 0 aliphatic carbocycles. The zero-order valence-electron chi connectivity index (χ0n) is 21.3. The van der Waals surface area contributed by atoms with E-state index in [0.717, 1.165) is 51.4 Å². The minimum Gasteiger partial charge on any atom is -0.481 e. The summed E-state index contributed by atoms with van der Waals surface area (Å²) in [6.07, 6.45) is 4.26. The van der Waals surface area contributed by atoms with Crippen LogP contribution in [0.4, 0.5) is 0 Å². The van der Waals surface area contributed by atoms with Crippen LogP contribution >= 0.6 is 0 Å². The molecule has 0 radical (unpaired) electrons. The van der Waals surface area contributed by atoms with Crippen molar-refractivity contribution < 1.29 is 68.9 Å². The van der Waals surface area contributed by atoms with Crippen molar-refractivity contribution in [3.05, 3.63) is 0 Å². The third-order valence-electron chi connectivity index (χ3n) is 5.62. The van der Waals surface area contributed by atoms with Crippen LogP contribution in [0.2, 0.25) is 0 Å². The highest BCUT2D eigenvalue weighted by Gasteiger charge is 2.42. The van der Waals surface area contributed by atoms with Crippen molar-refractivity contribution in [1.29, 1.82) is 0 Å². The van der Waals surface area contributed by atoms with Crippen molar-refractivity contribution in [2.24, 2.45) is 0 Å². The molecule has 0 spiro atoms. The first-order chi connectivity index (χ1) is 17.7. The molecule has 2 unspecified atom stereocenters. The van der Waals surface area contributed by atoms with Gasteiger partial charge in [-0.15, -0.1) is 0 Å². The first-order valence-electron chi connectivity index (χ1n) is 12.4. The molecule has 2 atom stereocenters. The first kappa shape index (κ1) is 34.7. The van der Waals surface area contributed by atoms with Crippen molar-refractivity contribution in [2.45, 2.75) is 101 Å². The van der Waals surface area contributed by atoms with E-state index in [-0.39, 0.29) is 13.2 Å². The van der Waals surface area contributed by atoms with Crippen LogP contribution in [-0.2, 0) is 38.2 Å². The van der Waals surface area contributed by atoms with Crippen LogP contribution < -0.4 is 0 Å². The van der Waals surface area contributed by atoms with Crippen LogP contribution in [0, 0.1) is 0 Å². The third-order valence-corrected chi connectivity index (χ3v) is 5.62. The van der Waals surface area contributed by atoms with Gasteiger partial charge in [-0.1, -0.05) is 51.4 Å². The standard InChI is InChI=1S/C24H38O14/c25-17(26)13-23(35,21(31)32)15-19(29)37-11-9-7-5-3-1-2-4-6-8-10-12-38-20(30)16-24(36,22(33)34)14-18(27)28/h35-36H,1-16H2,(H,25,26)(H,27,28)(H,31,32)(H,33,34). The summed E-state index contributed by atoms with van der Waals surface area (Å²) in [5.41, 5.74) is -5.41. The van der Waals surface area contributed by atoms with Crippen LogP contribution in [0.15, 0.2) is 0 Å². The monoisotopic (exact) mass is 550 g/mol. The number of carbonyl (C=O) groups excluding carboxylic acids is 2. The lowest BCUT2D eigenvalue weighted by molar-refractivity contribution is -0.172. The molecule has 0 rings (SSSR count). The van der Waals surface area contributed by atoms with Crippen molar-refractivity contribution in [2.75, 3.05) is 13.2 Å². The van der Waals surface area contributed by atoms with E-state index in [1.54, 1.807) is 0 Å². The molecule has 0 saturated heterocycles. The minimum atomic E-state index is -2.70. The number of carboxylic acid groups (broad SMARTS) is 4. The maximum Gasteiger partial charge on any atom is 0.336 e. The van der Waals surface area contributed by atoms with Gasteiger partial charge in [0.2, 0.25) is 0 Å². The molecule has 0 aromatic carbocycles. The number of aliphatic carboxylic acids is 4. The fraction of sp³-hybridized carbons (Fsp3) is 0.750. The Hall–Kier alpha value is -3.26. The van der Waals surface area contributed by atoms with E-state index in [0.29, 0.717) is 12.8 Å². The zero-order valence-corrected chi connectivity index (χ0v) is 21.3. The molecular weight excluding hydrogens is 512 g/mol. The van der Waals surface area contributed by atoms with Gasteiger partial charge >= 0.3 is 35.8 Å². The second-order valence-corrected chi connectivity index (χ2v) is 9.14. The maximum atomic E-state index is 11.7. The number of carboxylic acids is 4. The van der Waals surface area contributed by atoms with Gasteiger partial charge in [0.05, 0.1) is 38.9 Å². The Kier molecular flexibility index (Phi) is 16.5. The van der Waals surface area contributed by atoms with Crippen molar-refractivity contribution in [1.82, 2.24) is 0 Å². The van der Waals surface area contributed by atoms with Crippen LogP contribution in [0.25, 0.3) is 0 Å². The molecule has 0 aliphatic heterocycles. The SMILES string of the molecule is O=C(O)CC(O)(CC(=O)OCCCCCCCCCCCCOC(=O)CC(O)(CC(=O)O)C(=O)O)C(=O)O. The van der Waals surface area contributed by atoms with Gasteiger partial charge in [0.25, 0.3) is 0 Å². The van der Waals surface area contributed by atoms with E-state index in [4.69, 9.17) is 29.9 Å². The van der Waals surface area contributed by atoms with Crippen LogP contribution in [0.1, 0.15) is 89.9 Å². The summed E-state index contributed by atoms with van der Waals surface area (Å²) in [5, 5.41) is 54.8. The number of esters is 2. The van der Waals surface area contributed by atoms with Gasteiger partial charge in [0.1, 0.15) is 0 Å². The molecule has 0 fully saturated rings. The minimum absolute atomic E-state index is 0.0430. The Morgan fingerprint density at radius 2 is 0.711 bits per heavy atom. The molecule has 0 amide bonds. The van der Waals surface area contributed by atoms with Gasteiger partial charge < -0.3 is 40.1 Å². The van der Waals surface area contributed by atoms with Gasteiger partial charge in [0.15, 0.2) is 11.2 Å². The van der Waals surface area contributed by atoms with Crippen molar-refractivity contribution in [3.8, 4) is 0 Å². The van der Waals surface area contributed by atoms with E-state index in [1.807, 2.05) is 0 Å². The number of rotatable bonds is 23. The van der Waals surface area contributed by atoms with Crippen LogP contribution in [-0.4, -0.2) is 90.9 Å². The molecule has 0 saturated carbocycles. The van der Waals surface area contributed by atoms with E-state index < -0.39 is 72.7 Å². The van der Waals surface area contributed by atoms with Crippen LogP contribution in [0.3, 0.4) is 0 Å². The molecule has 218 valence electrons. The first-order valence-corrected chi connectivity index (χ1v) is 12.4. The summed E-state index contributed by atoms with van der Waals surface area (Å²) in [4.78, 5) is 66.7. The maximum absolute atomic E-state index is 11.7. The summed E-state index contributed by atoms with van der Waals surface area (Å²) in [6.45, 7) is 0.0860. The predicted molar refractivity (Wildman–Crippen MR) is 127 cm³/mol. The normalized spacial score (nSPS) is 14.1. The fourth-order valence-corrected chi connectivity index (χ4v) is 3.50. The fourth-order valence-electron chi connectivity index (χ4n) is 3.50. The molecular formula is C24H38O14.